The van der Waals surface area contributed by atoms with Gasteiger partial charge in [-0.2, -0.15) is 0 Å². The van der Waals surface area contributed by atoms with Crippen LogP contribution in [-0.2, 0) is 0 Å². The van der Waals surface area contributed by atoms with E-state index < -0.39 is 0 Å². The molecule has 2 aliphatic heterocycles. The Hall–Kier alpha value is -1.95. The van der Waals surface area contributed by atoms with Gasteiger partial charge in [-0.3, -0.25) is 4.79 Å². The molecule has 2 saturated heterocycles. The van der Waals surface area contributed by atoms with Gasteiger partial charge in [-0.25, -0.2) is 0 Å². The molecule has 0 saturated carbocycles. The van der Waals surface area contributed by atoms with Gasteiger partial charge in [-0.1, -0.05) is 24.6 Å². The largest absolute Gasteiger partial charge is 0.494 e. The zero-order valence-corrected chi connectivity index (χ0v) is 20.3. The summed E-state index contributed by atoms with van der Waals surface area (Å²) < 4.78 is 5.88. The third-order valence-corrected chi connectivity index (χ3v) is 6.13. The van der Waals surface area contributed by atoms with Gasteiger partial charge in [0.05, 0.1) is 6.61 Å². The van der Waals surface area contributed by atoms with Crippen molar-refractivity contribution in [1.29, 1.82) is 0 Å². The van der Waals surface area contributed by atoms with E-state index in [4.69, 9.17) is 4.74 Å². The van der Waals surface area contributed by atoms with Crippen molar-refractivity contribution in [2.24, 2.45) is 0 Å². The van der Waals surface area contributed by atoms with Crippen molar-refractivity contribution in [3.8, 4) is 5.75 Å². The van der Waals surface area contributed by atoms with Gasteiger partial charge in [-0.05, 0) is 68.8 Å². The fraction of sp³-hybridized carbons (Fsp3) is 0.480. The van der Waals surface area contributed by atoms with Crippen molar-refractivity contribution in [3.05, 3.63) is 60.2 Å². The summed E-state index contributed by atoms with van der Waals surface area (Å²) >= 11 is 0. The lowest BCUT2D eigenvalue weighted by molar-refractivity contribution is 0.0746. The Bertz CT molecular complexity index is 791. The molecule has 5 nitrogen and oxygen atoms in total. The average molecular weight is 480 g/mol. The number of ether oxygens (including phenoxy) is 1. The van der Waals surface area contributed by atoms with Crippen LogP contribution in [0.2, 0.25) is 0 Å². The zero-order valence-electron chi connectivity index (χ0n) is 18.7. The van der Waals surface area contributed by atoms with E-state index in [1.54, 1.807) is 0 Å². The second-order valence-electron chi connectivity index (χ2n) is 8.24. The molecule has 2 aromatic carbocycles. The number of hydrogen-bond donors (Lipinski definition) is 0. The quantitative estimate of drug-likeness (QED) is 0.536. The second kappa shape index (κ2) is 13.6. The lowest BCUT2D eigenvalue weighted by Crippen LogP contribution is -2.48. The van der Waals surface area contributed by atoms with Crippen molar-refractivity contribution in [2.45, 2.75) is 25.7 Å². The van der Waals surface area contributed by atoms with Gasteiger partial charge in [0.2, 0.25) is 0 Å². The average Bonchev–Trinajstić information content (AvgIpc) is 2.83. The topological polar surface area (TPSA) is 36.0 Å². The van der Waals surface area contributed by atoms with Crippen LogP contribution in [0.3, 0.4) is 0 Å². The maximum atomic E-state index is 12.9. The maximum Gasteiger partial charge on any atom is 0.253 e. The Morgan fingerprint density at radius 1 is 0.781 bits per heavy atom. The van der Waals surface area contributed by atoms with E-state index in [0.29, 0.717) is 0 Å². The first-order valence-corrected chi connectivity index (χ1v) is 11.3. The first kappa shape index (κ1) is 26.3. The molecule has 176 valence electrons. The number of likely N-dealkylation sites (tertiary alicyclic amines) is 1. The number of amides is 1. The van der Waals surface area contributed by atoms with Gasteiger partial charge in [0, 0.05) is 44.0 Å². The van der Waals surface area contributed by atoms with E-state index in [0.717, 1.165) is 57.1 Å². The molecule has 7 heteroatoms. The summed E-state index contributed by atoms with van der Waals surface area (Å²) in [6.45, 7) is 7.55. The molecule has 4 rings (SSSR count). The number of halogens is 2. The lowest BCUT2D eigenvalue weighted by Gasteiger charge is -2.36. The van der Waals surface area contributed by atoms with E-state index in [1.807, 2.05) is 35.2 Å². The summed E-state index contributed by atoms with van der Waals surface area (Å²) in [5.41, 5.74) is 1.97. The van der Waals surface area contributed by atoms with Crippen LogP contribution in [0, 0.1) is 0 Å². The zero-order chi connectivity index (χ0) is 20.6. The molecule has 2 fully saturated rings. The van der Waals surface area contributed by atoms with Crippen LogP contribution in [0.4, 0.5) is 5.69 Å². The third kappa shape index (κ3) is 7.29. The van der Waals surface area contributed by atoms with Crippen LogP contribution in [0.5, 0.6) is 5.75 Å². The van der Waals surface area contributed by atoms with Gasteiger partial charge in [0.1, 0.15) is 5.75 Å². The smallest absolute Gasteiger partial charge is 0.253 e. The number of carbonyl (C=O) groups is 1. The minimum Gasteiger partial charge on any atom is -0.494 e. The first-order valence-electron chi connectivity index (χ1n) is 11.3. The Morgan fingerprint density at radius 2 is 1.44 bits per heavy atom. The van der Waals surface area contributed by atoms with Crippen molar-refractivity contribution in [2.75, 3.05) is 57.3 Å². The Kier molecular flexibility index (Phi) is 11.1. The highest BCUT2D eigenvalue weighted by atomic mass is 35.5. The highest BCUT2D eigenvalue weighted by molar-refractivity contribution is 5.94. The molecule has 32 heavy (non-hydrogen) atoms. The number of rotatable bonds is 7. The number of carbonyl (C=O) groups excluding carboxylic acids is 1. The van der Waals surface area contributed by atoms with E-state index in [2.05, 4.69) is 34.1 Å². The fourth-order valence-electron chi connectivity index (χ4n) is 4.34. The summed E-state index contributed by atoms with van der Waals surface area (Å²) in [4.78, 5) is 19.7. The van der Waals surface area contributed by atoms with Gasteiger partial charge in [0.25, 0.3) is 5.91 Å². The van der Waals surface area contributed by atoms with E-state index in [-0.39, 0.29) is 30.7 Å². The second-order valence-corrected chi connectivity index (χ2v) is 8.24. The Balaban J connectivity index is 0.00000181. The molecular formula is C25H35Cl2N3O2. The number of piperidine rings is 1. The van der Waals surface area contributed by atoms with Crippen molar-refractivity contribution in [3.63, 3.8) is 0 Å². The van der Waals surface area contributed by atoms with Crippen molar-refractivity contribution < 1.29 is 9.53 Å². The van der Waals surface area contributed by atoms with Crippen LogP contribution in [0.25, 0.3) is 0 Å². The minimum absolute atomic E-state index is 0. The van der Waals surface area contributed by atoms with Gasteiger partial charge >= 0.3 is 0 Å². The maximum absolute atomic E-state index is 12.9. The summed E-state index contributed by atoms with van der Waals surface area (Å²) in [7, 11) is 0. The summed E-state index contributed by atoms with van der Waals surface area (Å²) in [5, 5.41) is 0. The molecule has 0 unspecified atom stereocenters. The highest BCUT2D eigenvalue weighted by Gasteiger charge is 2.22. The molecule has 0 radical (unpaired) electrons. The van der Waals surface area contributed by atoms with Gasteiger partial charge in [0.15, 0.2) is 0 Å². The number of piperazine rings is 1. The minimum atomic E-state index is 0. The third-order valence-electron chi connectivity index (χ3n) is 6.13. The van der Waals surface area contributed by atoms with E-state index in [9.17, 15) is 4.79 Å². The molecule has 0 aliphatic carbocycles. The van der Waals surface area contributed by atoms with Crippen LogP contribution in [0.1, 0.15) is 36.0 Å². The number of para-hydroxylation sites is 1. The normalized spacial score (nSPS) is 16.6. The first-order chi connectivity index (χ1) is 14.8. The SMILES string of the molecule is Cl.Cl.O=C(c1ccc(OCCCN2CCCCC2)cc1)N1CCN(c2ccccc2)CC1. The van der Waals surface area contributed by atoms with Crippen molar-refractivity contribution in [1.82, 2.24) is 9.80 Å². The number of anilines is 1. The molecule has 0 bridgehead atoms. The molecule has 0 spiro atoms. The van der Waals surface area contributed by atoms with Crippen LogP contribution in [0.15, 0.2) is 54.6 Å². The standard InChI is InChI=1S/C25H33N3O2.2ClH/c29-25(28-19-17-27(18-20-28)23-8-3-1-4-9-23)22-10-12-24(13-11-22)30-21-7-16-26-14-5-2-6-15-26;;/h1,3-4,8-13H,2,5-7,14-21H2;2*1H. The van der Waals surface area contributed by atoms with Crippen LogP contribution >= 0.6 is 24.8 Å². The number of benzene rings is 2. The molecule has 0 atom stereocenters. The Labute approximate surface area is 204 Å². The predicted octanol–water partition coefficient (Wildman–Crippen LogP) is 4.75. The molecule has 2 aromatic rings. The Morgan fingerprint density at radius 3 is 2.09 bits per heavy atom. The van der Waals surface area contributed by atoms with Gasteiger partial charge < -0.3 is 19.4 Å². The predicted molar refractivity (Wildman–Crippen MR) is 136 cm³/mol. The molecular weight excluding hydrogens is 445 g/mol. The monoisotopic (exact) mass is 479 g/mol. The number of hydrogen-bond acceptors (Lipinski definition) is 4. The van der Waals surface area contributed by atoms with E-state index >= 15 is 0 Å². The van der Waals surface area contributed by atoms with Gasteiger partial charge in [-0.15, -0.1) is 24.8 Å². The molecule has 0 aromatic heterocycles. The summed E-state index contributed by atoms with van der Waals surface area (Å²) in [6.07, 6.45) is 5.09. The van der Waals surface area contributed by atoms with Crippen LogP contribution < -0.4 is 9.64 Å². The summed E-state index contributed by atoms with van der Waals surface area (Å²) in [6, 6.07) is 18.0. The number of nitrogens with zero attached hydrogens (tertiary/aromatic N) is 3. The molecule has 1 amide bonds. The fourth-order valence-corrected chi connectivity index (χ4v) is 4.34. The van der Waals surface area contributed by atoms with E-state index in [1.165, 1.54) is 38.0 Å². The molecule has 0 N–H and O–H groups in total. The highest BCUT2D eigenvalue weighted by Crippen LogP contribution is 2.18. The molecule has 2 aliphatic rings. The van der Waals surface area contributed by atoms with Crippen molar-refractivity contribution >= 4 is 36.4 Å². The van der Waals surface area contributed by atoms with Crippen LogP contribution in [-0.4, -0.2) is 68.1 Å². The summed E-state index contributed by atoms with van der Waals surface area (Å²) in [5.74, 6) is 0.957. The lowest BCUT2D eigenvalue weighted by atomic mass is 10.1. The molecule has 2 heterocycles.